The second kappa shape index (κ2) is 5.78. The van der Waals surface area contributed by atoms with Crippen molar-refractivity contribution in [3.05, 3.63) is 56.8 Å². The van der Waals surface area contributed by atoms with Gasteiger partial charge in [0.25, 0.3) is 5.91 Å². The zero-order chi connectivity index (χ0) is 14.0. The number of pyridine rings is 1. The molecule has 19 heavy (non-hydrogen) atoms. The first-order valence-corrected chi connectivity index (χ1v) is 6.50. The third kappa shape index (κ3) is 3.18. The number of hydrogen-bond acceptors (Lipinski definition) is 2. The maximum absolute atomic E-state index is 12.1. The van der Waals surface area contributed by atoms with E-state index in [2.05, 4.69) is 10.3 Å². The highest BCUT2D eigenvalue weighted by Gasteiger charge is 2.13. The van der Waals surface area contributed by atoms with Crippen LogP contribution in [0.5, 0.6) is 0 Å². The molecule has 0 aliphatic heterocycles. The van der Waals surface area contributed by atoms with Crippen molar-refractivity contribution in [3.8, 4) is 0 Å². The molecule has 98 valence electrons. The molecule has 0 bridgehead atoms. The fraction of sp³-hybridized carbons (Fsp3) is 0.0769. The fourth-order valence-electron chi connectivity index (χ4n) is 1.50. The van der Waals surface area contributed by atoms with E-state index in [1.165, 1.54) is 6.20 Å². The Morgan fingerprint density at radius 2 is 2.00 bits per heavy atom. The summed E-state index contributed by atoms with van der Waals surface area (Å²) in [6, 6.07) is 6.61. The zero-order valence-corrected chi connectivity index (χ0v) is 12.1. The van der Waals surface area contributed by atoms with Gasteiger partial charge in [-0.25, -0.2) is 4.98 Å². The average molecular weight is 316 g/mol. The number of benzene rings is 1. The summed E-state index contributed by atoms with van der Waals surface area (Å²) in [5, 5.41) is 3.65. The second-order valence-electron chi connectivity index (χ2n) is 3.89. The number of nitrogens with zero attached hydrogens (tertiary/aromatic N) is 1. The maximum atomic E-state index is 12.1. The molecular weight excluding hydrogens is 307 g/mol. The molecule has 0 fully saturated rings. The van der Waals surface area contributed by atoms with Crippen molar-refractivity contribution in [3.63, 3.8) is 0 Å². The monoisotopic (exact) mass is 314 g/mol. The van der Waals surface area contributed by atoms with E-state index in [-0.39, 0.29) is 10.9 Å². The van der Waals surface area contributed by atoms with E-state index in [9.17, 15) is 4.79 Å². The van der Waals surface area contributed by atoms with Gasteiger partial charge in [-0.2, -0.15) is 0 Å². The van der Waals surface area contributed by atoms with Gasteiger partial charge in [0.2, 0.25) is 0 Å². The lowest BCUT2D eigenvalue weighted by Gasteiger charge is -2.08. The number of carbonyl (C=O) groups excluding carboxylic acids is 1. The first-order chi connectivity index (χ1) is 8.99. The number of rotatable bonds is 2. The molecule has 0 aliphatic rings. The van der Waals surface area contributed by atoms with Crippen LogP contribution in [0.15, 0.2) is 30.5 Å². The molecule has 0 saturated heterocycles. The molecular formula is C13H9Cl3N2O. The molecule has 0 spiro atoms. The van der Waals surface area contributed by atoms with Crippen LogP contribution in [0.25, 0.3) is 0 Å². The summed E-state index contributed by atoms with van der Waals surface area (Å²) in [6.45, 7) is 1.80. The number of carbonyl (C=O) groups is 1. The second-order valence-corrected chi connectivity index (χ2v) is 5.03. The van der Waals surface area contributed by atoms with Crippen LogP contribution in [0.2, 0.25) is 15.2 Å². The van der Waals surface area contributed by atoms with Crippen molar-refractivity contribution in [2.45, 2.75) is 6.92 Å². The molecule has 1 heterocycles. The van der Waals surface area contributed by atoms with Gasteiger partial charge in [0, 0.05) is 0 Å². The van der Waals surface area contributed by atoms with Crippen LogP contribution in [0.4, 0.5) is 5.69 Å². The van der Waals surface area contributed by atoms with Crippen LogP contribution >= 0.6 is 34.8 Å². The quantitative estimate of drug-likeness (QED) is 0.823. The Kier molecular flexibility index (Phi) is 4.30. The lowest BCUT2D eigenvalue weighted by atomic mass is 10.2. The number of aromatic nitrogens is 1. The molecule has 1 N–H and O–H groups in total. The van der Waals surface area contributed by atoms with E-state index in [4.69, 9.17) is 34.8 Å². The van der Waals surface area contributed by atoms with Gasteiger partial charge in [-0.3, -0.25) is 4.79 Å². The predicted molar refractivity (Wildman–Crippen MR) is 78.4 cm³/mol. The predicted octanol–water partition coefficient (Wildman–Crippen LogP) is 4.60. The summed E-state index contributed by atoms with van der Waals surface area (Å²) in [7, 11) is 0. The van der Waals surface area contributed by atoms with E-state index in [1.807, 2.05) is 0 Å². The van der Waals surface area contributed by atoms with Gasteiger partial charge < -0.3 is 5.32 Å². The Balaban J connectivity index is 2.26. The smallest absolute Gasteiger partial charge is 0.257 e. The zero-order valence-electron chi connectivity index (χ0n) is 9.88. The van der Waals surface area contributed by atoms with E-state index in [0.717, 1.165) is 5.56 Å². The summed E-state index contributed by atoms with van der Waals surface area (Å²) in [6.07, 6.45) is 1.48. The van der Waals surface area contributed by atoms with Gasteiger partial charge in [0.15, 0.2) is 0 Å². The Bertz CT molecular complexity index is 644. The first kappa shape index (κ1) is 14.1. The normalized spacial score (nSPS) is 10.3. The van der Waals surface area contributed by atoms with E-state index >= 15 is 0 Å². The topological polar surface area (TPSA) is 42.0 Å². The molecule has 2 aromatic rings. The summed E-state index contributed by atoms with van der Waals surface area (Å²) in [4.78, 5) is 16.0. The molecule has 0 unspecified atom stereocenters. The van der Waals surface area contributed by atoms with E-state index in [1.54, 1.807) is 31.2 Å². The fourth-order valence-corrected chi connectivity index (χ4v) is 1.99. The molecule has 1 aromatic carbocycles. The molecule has 2 rings (SSSR count). The van der Waals surface area contributed by atoms with Gasteiger partial charge in [0.05, 0.1) is 27.5 Å². The third-order valence-corrected chi connectivity index (χ3v) is 3.68. The van der Waals surface area contributed by atoms with Gasteiger partial charge in [-0.15, -0.1) is 0 Å². The molecule has 0 atom stereocenters. The Morgan fingerprint density at radius 1 is 1.26 bits per heavy atom. The van der Waals surface area contributed by atoms with Crippen LogP contribution in [-0.2, 0) is 0 Å². The lowest BCUT2D eigenvalue weighted by Crippen LogP contribution is -2.12. The third-order valence-electron chi connectivity index (χ3n) is 2.47. The number of anilines is 1. The van der Waals surface area contributed by atoms with Crippen molar-refractivity contribution in [1.29, 1.82) is 0 Å². The highest BCUT2D eigenvalue weighted by atomic mass is 35.5. The minimum Gasteiger partial charge on any atom is -0.321 e. The number of nitrogens with one attached hydrogen (secondary N) is 1. The molecule has 0 aliphatic carbocycles. The average Bonchev–Trinajstić information content (AvgIpc) is 2.37. The van der Waals surface area contributed by atoms with Gasteiger partial charge in [0.1, 0.15) is 5.15 Å². The minimum absolute atomic E-state index is 0.223. The molecule has 1 aromatic heterocycles. The summed E-state index contributed by atoms with van der Waals surface area (Å²) in [5.74, 6) is -0.351. The number of hydrogen-bond donors (Lipinski definition) is 1. The minimum atomic E-state index is -0.351. The molecule has 0 radical (unpaired) electrons. The highest BCUT2D eigenvalue weighted by molar-refractivity contribution is 6.44. The molecule has 1 amide bonds. The largest absolute Gasteiger partial charge is 0.321 e. The Hall–Kier alpha value is -1.29. The summed E-state index contributed by atoms with van der Waals surface area (Å²) >= 11 is 17.7. The van der Waals surface area contributed by atoms with Crippen molar-refractivity contribution < 1.29 is 4.79 Å². The number of amides is 1. The van der Waals surface area contributed by atoms with Crippen LogP contribution in [0.3, 0.4) is 0 Å². The summed E-state index contributed by atoms with van der Waals surface area (Å²) in [5.41, 5.74) is 1.63. The van der Waals surface area contributed by atoms with Crippen LogP contribution in [0.1, 0.15) is 15.9 Å². The van der Waals surface area contributed by atoms with Crippen LogP contribution in [-0.4, -0.2) is 10.9 Å². The Labute approximate surface area is 125 Å². The number of halogens is 3. The van der Waals surface area contributed by atoms with Crippen molar-refractivity contribution in [2.24, 2.45) is 0 Å². The molecule has 3 nitrogen and oxygen atoms in total. The molecule has 6 heteroatoms. The first-order valence-electron chi connectivity index (χ1n) is 5.36. The van der Waals surface area contributed by atoms with Crippen molar-refractivity contribution in [1.82, 2.24) is 4.98 Å². The molecule has 0 saturated carbocycles. The standard InChI is InChI=1S/C13H9Cl3N2O/c1-7-5-8(6-17-12(7)16)18-13(19)9-3-2-4-10(14)11(9)15/h2-6H,1H3,(H,18,19). The van der Waals surface area contributed by atoms with Crippen LogP contribution < -0.4 is 5.32 Å². The SMILES string of the molecule is Cc1cc(NC(=O)c2cccc(Cl)c2Cl)cnc1Cl. The van der Waals surface area contributed by atoms with Crippen molar-refractivity contribution >= 4 is 46.4 Å². The van der Waals surface area contributed by atoms with E-state index < -0.39 is 0 Å². The number of aryl methyl sites for hydroxylation is 1. The highest BCUT2D eigenvalue weighted by Crippen LogP contribution is 2.26. The van der Waals surface area contributed by atoms with Crippen molar-refractivity contribution in [2.75, 3.05) is 5.32 Å². The summed E-state index contributed by atoms with van der Waals surface area (Å²) < 4.78 is 0. The van der Waals surface area contributed by atoms with Gasteiger partial charge in [-0.1, -0.05) is 40.9 Å². The van der Waals surface area contributed by atoms with Gasteiger partial charge in [-0.05, 0) is 30.7 Å². The Morgan fingerprint density at radius 3 is 2.68 bits per heavy atom. The lowest BCUT2D eigenvalue weighted by molar-refractivity contribution is 0.102. The maximum Gasteiger partial charge on any atom is 0.257 e. The van der Waals surface area contributed by atoms with Crippen LogP contribution in [0, 0.1) is 6.92 Å². The van der Waals surface area contributed by atoms with Gasteiger partial charge >= 0.3 is 0 Å². The van der Waals surface area contributed by atoms with E-state index in [0.29, 0.717) is 21.4 Å².